The fourth-order valence-electron chi connectivity index (χ4n) is 10.9. The van der Waals surface area contributed by atoms with Crippen LogP contribution in [0, 0.1) is 0 Å². The van der Waals surface area contributed by atoms with Crippen LogP contribution in [0.2, 0.25) is 0 Å². The monoisotopic (exact) mass is 774 g/mol. The lowest BCUT2D eigenvalue weighted by Crippen LogP contribution is -2.26. The Bertz CT molecular complexity index is 3460. The second-order valence-corrected chi connectivity index (χ2v) is 16.5. The molecule has 0 amide bonds. The summed E-state index contributed by atoms with van der Waals surface area (Å²) in [4.78, 5) is 6.15. The molecule has 61 heavy (non-hydrogen) atoms. The molecule has 1 aromatic heterocycles. The fraction of sp³-hybridized carbons (Fsp3) is 0.0169. The van der Waals surface area contributed by atoms with Crippen molar-refractivity contribution in [3.05, 3.63) is 247 Å². The summed E-state index contributed by atoms with van der Waals surface area (Å²) in [6.45, 7) is 0. The number of aromatic nitrogens is 1. The van der Waals surface area contributed by atoms with Gasteiger partial charge in [0.15, 0.2) is 0 Å². The molecule has 284 valence electrons. The Labute approximate surface area is 354 Å². The standard InChI is InChI=1S/C59H38N2/c1-2-14-38(15-3-1)39-26-30-41(31-27-39)61(42-32-28-40(29-33-42)51-37-57-58(49-20-5-4-16-44(49)51)50-21-9-13-25-56(50)60-57)43-34-35-48-47-19-8-12-24-54(47)59(55(48)36-43)52-22-10-6-17-45(52)46-18-7-11-23-53(46)59/h1-37,60H. The van der Waals surface area contributed by atoms with Gasteiger partial charge in [-0.25, -0.2) is 0 Å². The maximum atomic E-state index is 3.72. The Balaban J connectivity index is 1.00. The molecule has 11 aromatic rings. The zero-order valence-electron chi connectivity index (χ0n) is 33.3. The summed E-state index contributed by atoms with van der Waals surface area (Å²) in [7, 11) is 0. The molecule has 0 saturated carbocycles. The van der Waals surface area contributed by atoms with Gasteiger partial charge in [0, 0.05) is 38.9 Å². The molecular formula is C59H38N2. The van der Waals surface area contributed by atoms with Crippen LogP contribution >= 0.6 is 0 Å². The molecule has 2 aliphatic rings. The molecule has 0 unspecified atom stereocenters. The molecule has 0 saturated heterocycles. The average Bonchev–Trinajstić information content (AvgIpc) is 3.96. The number of H-pyrrole nitrogens is 1. The number of benzene rings is 10. The Morgan fingerprint density at radius 3 is 1.41 bits per heavy atom. The van der Waals surface area contributed by atoms with Crippen molar-refractivity contribution in [2.45, 2.75) is 5.41 Å². The minimum atomic E-state index is -0.426. The first-order chi connectivity index (χ1) is 30.3. The van der Waals surface area contributed by atoms with Gasteiger partial charge in [-0.3, -0.25) is 0 Å². The normalized spacial score (nSPS) is 13.0. The van der Waals surface area contributed by atoms with Crippen molar-refractivity contribution in [3.8, 4) is 44.5 Å². The summed E-state index contributed by atoms with van der Waals surface area (Å²) in [6.07, 6.45) is 0. The number of hydrogen-bond donors (Lipinski definition) is 1. The van der Waals surface area contributed by atoms with Gasteiger partial charge in [0.2, 0.25) is 0 Å². The maximum Gasteiger partial charge on any atom is 0.0726 e. The SMILES string of the molecule is c1ccc(-c2ccc(N(c3ccc(-c4cc5[nH]c6ccccc6c5c5ccccc45)cc3)c3ccc4c(c3)C3(c5ccccc5-c5ccccc53)c3ccccc3-4)cc2)cc1. The van der Waals surface area contributed by atoms with Gasteiger partial charge < -0.3 is 9.88 Å². The van der Waals surface area contributed by atoms with E-state index in [4.69, 9.17) is 0 Å². The molecule has 0 radical (unpaired) electrons. The van der Waals surface area contributed by atoms with E-state index in [0.29, 0.717) is 0 Å². The summed E-state index contributed by atoms with van der Waals surface area (Å²) in [5.74, 6) is 0. The molecule has 1 heterocycles. The summed E-state index contributed by atoms with van der Waals surface area (Å²) in [5.41, 5.74) is 20.6. The smallest absolute Gasteiger partial charge is 0.0726 e. The molecular weight excluding hydrogens is 737 g/mol. The highest BCUT2D eigenvalue weighted by Gasteiger charge is 2.51. The van der Waals surface area contributed by atoms with Crippen molar-refractivity contribution in [1.82, 2.24) is 4.98 Å². The van der Waals surface area contributed by atoms with E-state index in [1.807, 2.05) is 0 Å². The number of nitrogens with one attached hydrogen (secondary N) is 1. The number of hydrogen-bond acceptors (Lipinski definition) is 1. The third kappa shape index (κ3) is 4.85. The molecule has 2 nitrogen and oxygen atoms in total. The minimum absolute atomic E-state index is 0.426. The third-order valence-electron chi connectivity index (χ3n) is 13.4. The van der Waals surface area contributed by atoms with E-state index in [1.165, 1.54) is 88.3 Å². The molecule has 0 fully saturated rings. The van der Waals surface area contributed by atoms with Gasteiger partial charge in [0.05, 0.1) is 5.41 Å². The summed E-state index contributed by atoms with van der Waals surface area (Å²) >= 11 is 0. The van der Waals surface area contributed by atoms with Crippen LogP contribution < -0.4 is 4.90 Å². The Morgan fingerprint density at radius 1 is 0.295 bits per heavy atom. The van der Waals surface area contributed by atoms with Crippen molar-refractivity contribution in [1.29, 1.82) is 0 Å². The summed E-state index contributed by atoms with van der Waals surface area (Å²) < 4.78 is 0. The predicted octanol–water partition coefficient (Wildman–Crippen LogP) is 15.6. The quantitative estimate of drug-likeness (QED) is 0.185. The van der Waals surface area contributed by atoms with Crippen LogP contribution in [0.15, 0.2) is 224 Å². The molecule has 10 aromatic carbocycles. The third-order valence-corrected chi connectivity index (χ3v) is 13.4. The lowest BCUT2D eigenvalue weighted by Gasteiger charge is -2.32. The highest BCUT2D eigenvalue weighted by molar-refractivity contribution is 6.23. The van der Waals surface area contributed by atoms with Crippen molar-refractivity contribution in [3.63, 3.8) is 0 Å². The minimum Gasteiger partial charge on any atom is -0.354 e. The number of aromatic amines is 1. The Hall–Kier alpha value is -7.94. The number of nitrogens with zero attached hydrogens (tertiary/aromatic N) is 1. The van der Waals surface area contributed by atoms with Gasteiger partial charge >= 0.3 is 0 Å². The Kier molecular flexibility index (Phi) is 7.26. The number of anilines is 3. The van der Waals surface area contributed by atoms with E-state index in [0.717, 1.165) is 28.1 Å². The van der Waals surface area contributed by atoms with Crippen LogP contribution in [0.3, 0.4) is 0 Å². The molecule has 0 aliphatic heterocycles. The molecule has 1 spiro atoms. The second-order valence-electron chi connectivity index (χ2n) is 16.5. The molecule has 0 atom stereocenters. The van der Waals surface area contributed by atoms with Gasteiger partial charge in [0.1, 0.15) is 0 Å². The number of para-hydroxylation sites is 1. The Morgan fingerprint density at radius 2 is 0.770 bits per heavy atom. The highest BCUT2D eigenvalue weighted by atomic mass is 15.1. The first-order valence-electron chi connectivity index (χ1n) is 21.2. The fourth-order valence-corrected chi connectivity index (χ4v) is 10.9. The van der Waals surface area contributed by atoms with Gasteiger partial charge in [0.25, 0.3) is 0 Å². The summed E-state index contributed by atoms with van der Waals surface area (Å²) in [5, 5.41) is 5.05. The molecule has 0 bridgehead atoms. The second kappa shape index (κ2) is 13.0. The van der Waals surface area contributed by atoms with Crippen LogP contribution in [0.25, 0.3) is 77.1 Å². The largest absolute Gasteiger partial charge is 0.354 e. The topological polar surface area (TPSA) is 19.0 Å². The van der Waals surface area contributed by atoms with Crippen molar-refractivity contribution in [2.24, 2.45) is 0 Å². The van der Waals surface area contributed by atoms with Crippen LogP contribution in [0.5, 0.6) is 0 Å². The zero-order chi connectivity index (χ0) is 40.1. The molecule has 2 aliphatic carbocycles. The predicted molar refractivity (Wildman–Crippen MR) is 255 cm³/mol. The van der Waals surface area contributed by atoms with Crippen LogP contribution in [0.1, 0.15) is 22.3 Å². The number of fused-ring (bicyclic) bond motifs is 15. The highest BCUT2D eigenvalue weighted by Crippen LogP contribution is 2.63. The van der Waals surface area contributed by atoms with Crippen LogP contribution in [-0.2, 0) is 5.41 Å². The van der Waals surface area contributed by atoms with E-state index >= 15 is 0 Å². The van der Waals surface area contributed by atoms with E-state index < -0.39 is 5.41 Å². The van der Waals surface area contributed by atoms with Gasteiger partial charge in [-0.1, -0.05) is 176 Å². The molecule has 13 rings (SSSR count). The van der Waals surface area contributed by atoms with Crippen molar-refractivity contribution < 1.29 is 0 Å². The first-order valence-corrected chi connectivity index (χ1v) is 21.2. The molecule has 1 N–H and O–H groups in total. The maximum absolute atomic E-state index is 3.72. The van der Waals surface area contributed by atoms with Gasteiger partial charge in [-0.05, 0) is 126 Å². The van der Waals surface area contributed by atoms with E-state index in [-0.39, 0.29) is 0 Å². The van der Waals surface area contributed by atoms with Gasteiger partial charge in [-0.2, -0.15) is 0 Å². The van der Waals surface area contributed by atoms with Crippen molar-refractivity contribution >= 4 is 49.6 Å². The first kappa shape index (κ1) is 34.0. The van der Waals surface area contributed by atoms with Gasteiger partial charge in [-0.15, -0.1) is 0 Å². The van der Waals surface area contributed by atoms with Crippen LogP contribution in [-0.4, -0.2) is 4.98 Å². The molecule has 2 heteroatoms. The summed E-state index contributed by atoms with van der Waals surface area (Å²) in [6, 6.07) is 82.9. The van der Waals surface area contributed by atoms with E-state index in [9.17, 15) is 0 Å². The lowest BCUT2D eigenvalue weighted by atomic mass is 9.70. The van der Waals surface area contributed by atoms with Crippen LogP contribution in [0.4, 0.5) is 17.1 Å². The zero-order valence-corrected chi connectivity index (χ0v) is 33.3. The lowest BCUT2D eigenvalue weighted by molar-refractivity contribution is 0.793. The van der Waals surface area contributed by atoms with E-state index in [1.54, 1.807) is 0 Å². The average molecular weight is 775 g/mol. The number of rotatable bonds is 5. The van der Waals surface area contributed by atoms with Crippen molar-refractivity contribution in [2.75, 3.05) is 4.90 Å². The van der Waals surface area contributed by atoms with E-state index in [2.05, 4.69) is 234 Å².